The molecule has 0 saturated carbocycles. The third-order valence-electron chi connectivity index (χ3n) is 3.42. The maximum absolute atomic E-state index is 5.51. The summed E-state index contributed by atoms with van der Waals surface area (Å²) in [5, 5.41) is 0. The van der Waals surface area contributed by atoms with E-state index in [9.17, 15) is 0 Å². The summed E-state index contributed by atoms with van der Waals surface area (Å²) in [5.41, 5.74) is 8.00. The molecule has 0 aliphatic heterocycles. The van der Waals surface area contributed by atoms with E-state index in [1.807, 2.05) is 0 Å². The van der Waals surface area contributed by atoms with Crippen LogP contribution < -0.4 is 5.73 Å². The van der Waals surface area contributed by atoms with Gasteiger partial charge in [0.1, 0.15) is 5.82 Å². The Kier molecular flexibility index (Phi) is 7.74. The number of unbranched alkanes of at least 4 members (excludes halogenated alkanes) is 5. The fourth-order valence-corrected chi connectivity index (χ4v) is 2.26. The van der Waals surface area contributed by atoms with Gasteiger partial charge in [0.2, 0.25) is 0 Å². The number of aromatic amines is 1. The lowest BCUT2D eigenvalue weighted by Gasteiger charge is -1.98. The largest absolute Gasteiger partial charge is 0.346 e. The zero-order valence-electron chi connectivity index (χ0n) is 12.1. The molecule has 0 aliphatic carbocycles. The minimum Gasteiger partial charge on any atom is -0.346 e. The van der Waals surface area contributed by atoms with E-state index in [0.29, 0.717) is 0 Å². The van der Waals surface area contributed by atoms with Gasteiger partial charge in [-0.15, -0.1) is 0 Å². The molecule has 0 aromatic carbocycles. The summed E-state index contributed by atoms with van der Waals surface area (Å²) in [6, 6.07) is 0. The van der Waals surface area contributed by atoms with Crippen molar-refractivity contribution in [1.29, 1.82) is 0 Å². The molecule has 104 valence electrons. The normalized spacial score (nSPS) is 11.1. The monoisotopic (exact) mass is 251 g/mol. The molecule has 1 aromatic heterocycles. The van der Waals surface area contributed by atoms with E-state index in [0.717, 1.165) is 32.2 Å². The number of imidazole rings is 1. The molecule has 0 radical (unpaired) electrons. The Hall–Kier alpha value is -0.830. The van der Waals surface area contributed by atoms with Crippen molar-refractivity contribution in [1.82, 2.24) is 9.97 Å². The smallest absolute Gasteiger partial charge is 0.106 e. The number of aryl methyl sites for hydroxylation is 3. The maximum Gasteiger partial charge on any atom is 0.106 e. The van der Waals surface area contributed by atoms with Crippen molar-refractivity contribution in [3.05, 3.63) is 17.2 Å². The number of rotatable bonds is 10. The standard InChI is InChI=1S/C15H29N3/c1-3-4-5-6-7-11-15-17-13(2)14(18-15)10-8-9-12-16/h3-12,16H2,1-2H3,(H,17,18). The fourth-order valence-electron chi connectivity index (χ4n) is 2.26. The molecule has 0 amide bonds. The highest BCUT2D eigenvalue weighted by Crippen LogP contribution is 2.12. The quantitative estimate of drug-likeness (QED) is 0.625. The predicted molar refractivity (Wildman–Crippen MR) is 77.8 cm³/mol. The van der Waals surface area contributed by atoms with Gasteiger partial charge in [0.25, 0.3) is 0 Å². The highest BCUT2D eigenvalue weighted by atomic mass is 14.9. The first-order valence-corrected chi connectivity index (χ1v) is 7.52. The number of nitrogens with zero attached hydrogens (tertiary/aromatic N) is 1. The van der Waals surface area contributed by atoms with Crippen molar-refractivity contribution in [3.8, 4) is 0 Å². The Morgan fingerprint density at radius 2 is 1.72 bits per heavy atom. The highest BCUT2D eigenvalue weighted by molar-refractivity contribution is 5.13. The summed E-state index contributed by atoms with van der Waals surface area (Å²) in [6.45, 7) is 5.17. The van der Waals surface area contributed by atoms with Gasteiger partial charge in [-0.1, -0.05) is 32.6 Å². The number of nitrogens with two attached hydrogens (primary N) is 1. The Labute approximate surface area is 112 Å². The first kappa shape index (κ1) is 15.2. The second kappa shape index (κ2) is 9.15. The van der Waals surface area contributed by atoms with Crippen LogP contribution >= 0.6 is 0 Å². The molecular formula is C15H29N3. The zero-order chi connectivity index (χ0) is 13.2. The van der Waals surface area contributed by atoms with Crippen LogP contribution in [0, 0.1) is 6.92 Å². The average Bonchev–Trinajstić information content (AvgIpc) is 2.70. The Morgan fingerprint density at radius 1 is 1.00 bits per heavy atom. The SMILES string of the molecule is CCCCCCCc1nc(CCCCN)c(C)[nH]1. The molecule has 0 saturated heterocycles. The highest BCUT2D eigenvalue weighted by Gasteiger charge is 2.05. The maximum atomic E-state index is 5.51. The van der Waals surface area contributed by atoms with Crippen molar-refractivity contribution in [2.75, 3.05) is 6.54 Å². The summed E-state index contributed by atoms with van der Waals surface area (Å²) >= 11 is 0. The van der Waals surface area contributed by atoms with Crippen molar-refractivity contribution >= 4 is 0 Å². The number of aromatic nitrogens is 2. The van der Waals surface area contributed by atoms with Gasteiger partial charge in [-0.05, 0) is 39.2 Å². The lowest BCUT2D eigenvalue weighted by atomic mass is 10.1. The van der Waals surface area contributed by atoms with Crippen molar-refractivity contribution in [3.63, 3.8) is 0 Å². The van der Waals surface area contributed by atoms with E-state index in [1.54, 1.807) is 0 Å². The van der Waals surface area contributed by atoms with Crippen molar-refractivity contribution in [2.45, 2.75) is 71.6 Å². The van der Waals surface area contributed by atoms with Crippen LogP contribution in [-0.2, 0) is 12.8 Å². The third-order valence-corrected chi connectivity index (χ3v) is 3.42. The number of nitrogens with one attached hydrogen (secondary N) is 1. The van der Waals surface area contributed by atoms with Crippen LogP contribution in [0.3, 0.4) is 0 Å². The third kappa shape index (κ3) is 5.67. The van der Waals surface area contributed by atoms with Crippen LogP contribution in [0.15, 0.2) is 0 Å². The summed E-state index contributed by atoms with van der Waals surface area (Å²) < 4.78 is 0. The minimum atomic E-state index is 0.785. The van der Waals surface area contributed by atoms with Crippen LogP contribution in [0.25, 0.3) is 0 Å². The Balaban J connectivity index is 2.27. The van der Waals surface area contributed by atoms with Gasteiger partial charge >= 0.3 is 0 Å². The van der Waals surface area contributed by atoms with Crippen LogP contribution in [-0.4, -0.2) is 16.5 Å². The van der Waals surface area contributed by atoms with Gasteiger partial charge in [-0.3, -0.25) is 0 Å². The van der Waals surface area contributed by atoms with Crippen LogP contribution in [0.5, 0.6) is 0 Å². The van der Waals surface area contributed by atoms with Gasteiger partial charge in [0.15, 0.2) is 0 Å². The first-order valence-electron chi connectivity index (χ1n) is 7.52. The molecule has 1 aromatic rings. The lowest BCUT2D eigenvalue weighted by Crippen LogP contribution is -1.99. The van der Waals surface area contributed by atoms with Gasteiger partial charge < -0.3 is 10.7 Å². The first-order chi connectivity index (χ1) is 8.77. The molecule has 0 spiro atoms. The summed E-state index contributed by atoms with van der Waals surface area (Å²) in [4.78, 5) is 8.12. The number of hydrogen-bond acceptors (Lipinski definition) is 2. The second-order valence-electron chi connectivity index (χ2n) is 5.17. The van der Waals surface area contributed by atoms with E-state index in [4.69, 9.17) is 10.7 Å². The number of hydrogen-bond donors (Lipinski definition) is 2. The Morgan fingerprint density at radius 3 is 2.44 bits per heavy atom. The molecule has 18 heavy (non-hydrogen) atoms. The Bertz CT molecular complexity index is 318. The molecule has 0 unspecified atom stereocenters. The molecule has 3 heteroatoms. The van der Waals surface area contributed by atoms with Gasteiger partial charge in [-0.2, -0.15) is 0 Å². The molecule has 0 fully saturated rings. The fraction of sp³-hybridized carbons (Fsp3) is 0.800. The van der Waals surface area contributed by atoms with Crippen LogP contribution in [0.4, 0.5) is 0 Å². The van der Waals surface area contributed by atoms with E-state index in [-0.39, 0.29) is 0 Å². The van der Waals surface area contributed by atoms with E-state index in [1.165, 1.54) is 49.3 Å². The topological polar surface area (TPSA) is 54.7 Å². The second-order valence-corrected chi connectivity index (χ2v) is 5.17. The lowest BCUT2D eigenvalue weighted by molar-refractivity contribution is 0.623. The van der Waals surface area contributed by atoms with Crippen molar-refractivity contribution in [2.24, 2.45) is 5.73 Å². The van der Waals surface area contributed by atoms with E-state index >= 15 is 0 Å². The molecule has 1 heterocycles. The molecule has 3 N–H and O–H groups in total. The molecule has 1 rings (SSSR count). The minimum absolute atomic E-state index is 0.785. The van der Waals surface area contributed by atoms with Gasteiger partial charge in [-0.25, -0.2) is 4.98 Å². The molecule has 0 atom stereocenters. The summed E-state index contributed by atoms with van der Waals surface area (Å²) in [6.07, 6.45) is 11.0. The molecule has 0 aliphatic rings. The predicted octanol–water partition coefficient (Wildman–Crippen LogP) is 3.51. The van der Waals surface area contributed by atoms with E-state index < -0.39 is 0 Å². The van der Waals surface area contributed by atoms with Gasteiger partial charge in [0.05, 0.1) is 5.69 Å². The molecule has 0 bridgehead atoms. The number of H-pyrrole nitrogens is 1. The van der Waals surface area contributed by atoms with Crippen LogP contribution in [0.2, 0.25) is 0 Å². The van der Waals surface area contributed by atoms with E-state index in [2.05, 4.69) is 18.8 Å². The van der Waals surface area contributed by atoms with Crippen LogP contribution in [0.1, 0.15) is 69.1 Å². The van der Waals surface area contributed by atoms with Crippen molar-refractivity contribution < 1.29 is 0 Å². The summed E-state index contributed by atoms with van der Waals surface area (Å²) in [5.74, 6) is 1.17. The average molecular weight is 251 g/mol. The summed E-state index contributed by atoms with van der Waals surface area (Å²) in [7, 11) is 0. The molecule has 3 nitrogen and oxygen atoms in total. The molecular weight excluding hydrogens is 222 g/mol. The zero-order valence-corrected chi connectivity index (χ0v) is 12.1. The van der Waals surface area contributed by atoms with Gasteiger partial charge in [0, 0.05) is 12.1 Å².